The minimum Gasteiger partial charge on any atom is -0.495 e. The Morgan fingerprint density at radius 3 is 2.57 bits per heavy atom. The first kappa shape index (κ1) is 22.2. The first-order valence-electron chi connectivity index (χ1n) is 9.82. The Bertz CT molecular complexity index is 1040. The Morgan fingerprint density at radius 2 is 1.90 bits per heavy atom. The van der Waals surface area contributed by atoms with Gasteiger partial charge in [-0.15, -0.1) is 0 Å². The van der Waals surface area contributed by atoms with Crippen LogP contribution in [0.5, 0.6) is 5.75 Å². The van der Waals surface area contributed by atoms with Crippen molar-refractivity contribution >= 4 is 21.6 Å². The summed E-state index contributed by atoms with van der Waals surface area (Å²) in [5.41, 5.74) is 9.87. The van der Waals surface area contributed by atoms with E-state index in [-0.39, 0.29) is 29.1 Å². The molecule has 1 saturated heterocycles. The molecule has 3 rings (SSSR count). The molecule has 30 heavy (non-hydrogen) atoms. The van der Waals surface area contributed by atoms with Gasteiger partial charge in [0, 0.05) is 18.3 Å². The number of ether oxygens (including phenoxy) is 1. The molecule has 2 atom stereocenters. The normalized spacial score (nSPS) is 18.9. The lowest BCUT2D eigenvalue weighted by molar-refractivity contribution is -0.117. The average Bonchev–Trinajstić information content (AvgIpc) is 3.20. The van der Waals surface area contributed by atoms with Crippen molar-refractivity contribution in [3.05, 3.63) is 53.1 Å². The lowest BCUT2D eigenvalue weighted by Gasteiger charge is -2.15. The van der Waals surface area contributed by atoms with Gasteiger partial charge in [0.1, 0.15) is 16.7 Å². The summed E-state index contributed by atoms with van der Waals surface area (Å²) >= 11 is 0. The zero-order valence-corrected chi connectivity index (χ0v) is 18.4. The third-order valence-electron chi connectivity index (χ3n) is 5.21. The van der Waals surface area contributed by atoms with Gasteiger partial charge in [-0.05, 0) is 61.2 Å². The Morgan fingerprint density at radius 1 is 1.13 bits per heavy atom. The fourth-order valence-corrected chi connectivity index (χ4v) is 4.63. The van der Waals surface area contributed by atoms with Crippen LogP contribution < -0.4 is 25.6 Å². The number of rotatable bonds is 7. The first-order valence-corrected chi connectivity index (χ1v) is 11.3. The molecule has 1 amide bonds. The second kappa shape index (κ2) is 9.13. The molecule has 1 aliphatic rings. The van der Waals surface area contributed by atoms with Crippen molar-refractivity contribution in [3.63, 3.8) is 0 Å². The van der Waals surface area contributed by atoms with Crippen LogP contribution in [0, 0.1) is 13.8 Å². The highest BCUT2D eigenvalue weighted by Crippen LogP contribution is 2.30. The number of sulfonamides is 1. The number of hydrazine groups is 1. The molecule has 0 saturated carbocycles. The van der Waals surface area contributed by atoms with Crippen LogP contribution >= 0.6 is 0 Å². The quantitative estimate of drug-likeness (QED) is 0.534. The number of benzene rings is 2. The van der Waals surface area contributed by atoms with Gasteiger partial charge < -0.3 is 10.1 Å². The molecule has 8 nitrogen and oxygen atoms in total. The van der Waals surface area contributed by atoms with E-state index in [0.717, 1.165) is 22.4 Å². The van der Waals surface area contributed by atoms with Crippen molar-refractivity contribution in [1.82, 2.24) is 15.6 Å². The Balaban J connectivity index is 1.74. The van der Waals surface area contributed by atoms with E-state index in [0.29, 0.717) is 6.42 Å². The monoisotopic (exact) mass is 432 g/mol. The van der Waals surface area contributed by atoms with Crippen molar-refractivity contribution in [2.45, 2.75) is 44.2 Å². The molecule has 1 heterocycles. The van der Waals surface area contributed by atoms with Crippen LogP contribution in [0.4, 0.5) is 5.69 Å². The number of aryl methyl sites for hydroxylation is 2. The minimum absolute atomic E-state index is 0.0779. The number of amides is 1. The van der Waals surface area contributed by atoms with Crippen molar-refractivity contribution in [2.24, 2.45) is 0 Å². The van der Waals surface area contributed by atoms with E-state index in [1.165, 1.54) is 7.11 Å². The molecule has 2 aromatic rings. The second-order valence-electron chi connectivity index (χ2n) is 7.33. The molecular formula is C21H28N4O4S. The van der Waals surface area contributed by atoms with Crippen molar-refractivity contribution < 1.29 is 17.9 Å². The van der Waals surface area contributed by atoms with Gasteiger partial charge in [0.2, 0.25) is 15.9 Å². The SMILES string of the molecule is CCNS(=O)(=O)c1cc(C2CC(C(=O)Nc3ccc(C)c(C)c3)NN2)ccc1OC. The predicted octanol–water partition coefficient (Wildman–Crippen LogP) is 2.16. The lowest BCUT2D eigenvalue weighted by Crippen LogP contribution is -2.39. The van der Waals surface area contributed by atoms with Gasteiger partial charge in [-0.3, -0.25) is 4.79 Å². The molecule has 0 bridgehead atoms. The first-order chi connectivity index (χ1) is 14.2. The molecule has 1 fully saturated rings. The predicted molar refractivity (Wildman–Crippen MR) is 116 cm³/mol. The van der Waals surface area contributed by atoms with Crippen molar-refractivity contribution in [3.8, 4) is 5.75 Å². The van der Waals surface area contributed by atoms with Gasteiger partial charge >= 0.3 is 0 Å². The smallest absolute Gasteiger partial charge is 0.244 e. The number of hydrogen-bond donors (Lipinski definition) is 4. The second-order valence-corrected chi connectivity index (χ2v) is 9.06. The number of methoxy groups -OCH3 is 1. The number of hydrogen-bond acceptors (Lipinski definition) is 6. The van der Waals surface area contributed by atoms with Crippen LogP contribution in [0.15, 0.2) is 41.3 Å². The van der Waals surface area contributed by atoms with Crippen molar-refractivity contribution in [1.29, 1.82) is 0 Å². The maximum absolute atomic E-state index is 12.7. The Kier molecular flexibility index (Phi) is 6.77. The highest BCUT2D eigenvalue weighted by molar-refractivity contribution is 7.89. The van der Waals surface area contributed by atoms with Gasteiger partial charge in [0.25, 0.3) is 0 Å². The van der Waals surface area contributed by atoms with Gasteiger partial charge in [-0.2, -0.15) is 0 Å². The number of nitrogens with one attached hydrogen (secondary N) is 4. The topological polar surface area (TPSA) is 109 Å². The number of anilines is 1. The molecule has 0 radical (unpaired) electrons. The molecule has 162 valence electrons. The Labute approximate surface area is 177 Å². The maximum Gasteiger partial charge on any atom is 0.244 e. The standard InChI is InChI=1S/C21H28N4O4S/c1-5-22-30(27,28)20-11-15(7-9-19(20)29-4)17-12-18(25-24-17)21(26)23-16-8-6-13(2)14(3)10-16/h6-11,17-18,22,24-25H,5,12H2,1-4H3,(H,23,26). The average molecular weight is 433 g/mol. The van der Waals surface area contributed by atoms with Crippen LogP contribution in [-0.4, -0.2) is 34.0 Å². The van der Waals surface area contributed by atoms with Gasteiger partial charge in [-0.1, -0.05) is 19.1 Å². The third kappa shape index (κ3) is 4.81. The van der Waals surface area contributed by atoms with E-state index >= 15 is 0 Å². The van der Waals surface area contributed by atoms with Crippen LogP contribution in [-0.2, 0) is 14.8 Å². The summed E-state index contributed by atoms with van der Waals surface area (Å²) in [7, 11) is -2.25. The van der Waals surface area contributed by atoms with Gasteiger partial charge in [0.05, 0.1) is 7.11 Å². The highest BCUT2D eigenvalue weighted by atomic mass is 32.2. The summed E-state index contributed by atoms with van der Waals surface area (Å²) in [6.45, 7) is 6.02. The summed E-state index contributed by atoms with van der Waals surface area (Å²) in [5.74, 6) is 0.122. The van der Waals surface area contributed by atoms with Crippen LogP contribution in [0.3, 0.4) is 0 Å². The van der Waals surface area contributed by atoms with Crippen LogP contribution in [0.1, 0.15) is 36.1 Å². The van der Waals surface area contributed by atoms with E-state index in [4.69, 9.17) is 4.74 Å². The molecule has 2 aromatic carbocycles. The third-order valence-corrected chi connectivity index (χ3v) is 6.77. The molecule has 4 N–H and O–H groups in total. The largest absolute Gasteiger partial charge is 0.495 e. The van der Waals surface area contributed by atoms with E-state index in [9.17, 15) is 13.2 Å². The van der Waals surface area contributed by atoms with Crippen molar-refractivity contribution in [2.75, 3.05) is 19.0 Å². The van der Waals surface area contributed by atoms with E-state index in [2.05, 4.69) is 20.9 Å². The van der Waals surface area contributed by atoms with Crippen LogP contribution in [0.2, 0.25) is 0 Å². The lowest BCUT2D eigenvalue weighted by atomic mass is 10.0. The molecule has 0 aliphatic carbocycles. The summed E-state index contributed by atoms with van der Waals surface area (Å²) in [6, 6.07) is 10.1. The summed E-state index contributed by atoms with van der Waals surface area (Å²) in [5, 5.41) is 2.93. The minimum atomic E-state index is -3.69. The molecular weight excluding hydrogens is 404 g/mol. The molecule has 2 unspecified atom stereocenters. The van der Waals surface area contributed by atoms with Crippen LogP contribution in [0.25, 0.3) is 0 Å². The van der Waals surface area contributed by atoms with E-state index in [1.807, 2.05) is 32.0 Å². The zero-order valence-electron chi connectivity index (χ0n) is 17.6. The fourth-order valence-electron chi connectivity index (χ4n) is 3.38. The summed E-state index contributed by atoms with van der Waals surface area (Å²) < 4.78 is 32.7. The van der Waals surface area contributed by atoms with E-state index in [1.54, 1.807) is 25.1 Å². The summed E-state index contributed by atoms with van der Waals surface area (Å²) in [4.78, 5) is 12.7. The molecule has 0 spiro atoms. The number of carbonyl (C=O) groups is 1. The zero-order chi connectivity index (χ0) is 21.9. The highest BCUT2D eigenvalue weighted by Gasteiger charge is 2.31. The maximum atomic E-state index is 12.7. The van der Waals surface area contributed by atoms with E-state index < -0.39 is 16.1 Å². The number of carbonyl (C=O) groups excluding carboxylic acids is 1. The Hall–Kier alpha value is -2.46. The summed E-state index contributed by atoms with van der Waals surface area (Å²) in [6.07, 6.45) is 0.476. The van der Waals surface area contributed by atoms with Gasteiger partial charge in [-0.25, -0.2) is 24.0 Å². The molecule has 1 aliphatic heterocycles. The fraction of sp³-hybridized carbons (Fsp3) is 0.381. The van der Waals surface area contributed by atoms with Gasteiger partial charge in [0.15, 0.2) is 0 Å². The molecule has 0 aromatic heterocycles. The molecule has 9 heteroatoms.